The number of phenolic OH excluding ortho intramolecular Hbond substituents is 1. The Hall–Kier alpha value is -2.60. The lowest BCUT2D eigenvalue weighted by atomic mass is 10.0. The van der Waals surface area contributed by atoms with Gasteiger partial charge in [0, 0.05) is 32.7 Å². The summed E-state index contributed by atoms with van der Waals surface area (Å²) in [4.78, 5) is 15.2. The molecule has 2 heterocycles. The number of carbonyl (C=O) groups excluding carboxylic acids is 1. The molecule has 0 bridgehead atoms. The van der Waals surface area contributed by atoms with Gasteiger partial charge in [-0.25, -0.2) is 0 Å². The first-order valence-electron chi connectivity index (χ1n) is 9.82. The molecule has 2 aromatic carbocycles. The van der Waals surface area contributed by atoms with Crippen LogP contribution in [-0.2, 0) is 13.0 Å². The van der Waals surface area contributed by atoms with Crippen LogP contribution >= 0.6 is 11.6 Å². The summed E-state index contributed by atoms with van der Waals surface area (Å²) in [5.74, 6) is 0.483. The molecule has 1 saturated heterocycles. The van der Waals surface area contributed by atoms with E-state index in [4.69, 9.17) is 16.3 Å². The second-order valence-electron chi connectivity index (χ2n) is 7.55. The summed E-state index contributed by atoms with van der Waals surface area (Å²) in [5, 5.41) is 14.1. The third-order valence-corrected chi connectivity index (χ3v) is 6.02. The van der Waals surface area contributed by atoms with E-state index < -0.39 is 0 Å². The van der Waals surface area contributed by atoms with Crippen LogP contribution in [0.15, 0.2) is 48.2 Å². The Bertz CT molecular complexity index is 1070. The van der Waals surface area contributed by atoms with Crippen molar-refractivity contribution in [2.45, 2.75) is 13.0 Å². The normalized spacial score (nSPS) is 19.8. The van der Waals surface area contributed by atoms with Crippen molar-refractivity contribution in [1.82, 2.24) is 10.2 Å². The monoisotopic (exact) mass is 408 g/mol. The van der Waals surface area contributed by atoms with E-state index in [1.54, 1.807) is 6.08 Å². The van der Waals surface area contributed by atoms with Crippen molar-refractivity contribution < 1.29 is 14.6 Å². The van der Waals surface area contributed by atoms with Crippen molar-refractivity contribution in [1.29, 1.82) is 0 Å². The number of hydrogen-bond donors (Lipinski definition) is 2. The van der Waals surface area contributed by atoms with Gasteiger partial charge in [-0.3, -0.25) is 9.69 Å². The highest BCUT2D eigenvalue weighted by Crippen LogP contribution is 2.44. The molecule has 29 heavy (non-hydrogen) atoms. The number of aromatic hydroxyl groups is 1. The van der Waals surface area contributed by atoms with Gasteiger partial charge in [-0.1, -0.05) is 41.9 Å². The summed E-state index contributed by atoms with van der Waals surface area (Å²) in [5.41, 5.74) is 4.33. The number of ketones is 1. The number of piperazine rings is 1. The third-order valence-electron chi connectivity index (χ3n) is 5.73. The highest BCUT2D eigenvalue weighted by Gasteiger charge is 2.33. The number of allylic oxidation sites excluding steroid dienone is 4. The lowest BCUT2D eigenvalue weighted by Gasteiger charge is -2.28. The Morgan fingerprint density at radius 3 is 2.83 bits per heavy atom. The SMILES string of the molecule is O=C1/C(=C/C2=CCc3ccccc32)Oc2c1cc(Cl)c(O)c2CN1CCNCC1. The highest BCUT2D eigenvalue weighted by molar-refractivity contribution is 6.33. The van der Waals surface area contributed by atoms with E-state index in [1.165, 1.54) is 11.6 Å². The number of rotatable bonds is 3. The zero-order chi connectivity index (χ0) is 20.0. The van der Waals surface area contributed by atoms with Crippen LogP contribution in [-0.4, -0.2) is 42.0 Å². The zero-order valence-electron chi connectivity index (χ0n) is 15.9. The molecule has 0 amide bonds. The summed E-state index contributed by atoms with van der Waals surface area (Å²) in [6, 6.07) is 9.66. The van der Waals surface area contributed by atoms with Gasteiger partial charge in [-0.2, -0.15) is 0 Å². The van der Waals surface area contributed by atoms with Crippen molar-refractivity contribution in [2.24, 2.45) is 0 Å². The van der Waals surface area contributed by atoms with Crippen LogP contribution in [0.25, 0.3) is 5.57 Å². The molecule has 3 aliphatic rings. The van der Waals surface area contributed by atoms with Crippen molar-refractivity contribution in [3.63, 3.8) is 0 Å². The molecule has 0 atom stereocenters. The first-order valence-corrected chi connectivity index (χ1v) is 10.2. The highest BCUT2D eigenvalue weighted by atomic mass is 35.5. The molecular weight excluding hydrogens is 388 g/mol. The second-order valence-corrected chi connectivity index (χ2v) is 7.96. The first kappa shape index (κ1) is 18.4. The largest absolute Gasteiger partial charge is 0.506 e. The lowest BCUT2D eigenvalue weighted by molar-refractivity contribution is 0.101. The average molecular weight is 409 g/mol. The van der Waals surface area contributed by atoms with Crippen LogP contribution < -0.4 is 10.1 Å². The van der Waals surface area contributed by atoms with Crippen molar-refractivity contribution in [3.05, 3.63) is 75.5 Å². The van der Waals surface area contributed by atoms with Crippen molar-refractivity contribution in [2.75, 3.05) is 26.2 Å². The molecular formula is C23H21ClN2O3. The lowest BCUT2D eigenvalue weighted by Crippen LogP contribution is -2.42. The van der Waals surface area contributed by atoms with Crippen LogP contribution in [0.3, 0.4) is 0 Å². The molecule has 0 radical (unpaired) electrons. The predicted octanol–water partition coefficient (Wildman–Crippen LogP) is 3.55. The van der Waals surface area contributed by atoms with E-state index in [2.05, 4.69) is 28.4 Å². The zero-order valence-corrected chi connectivity index (χ0v) is 16.6. The number of fused-ring (bicyclic) bond motifs is 2. The Kier molecular flexibility index (Phi) is 4.66. The summed E-state index contributed by atoms with van der Waals surface area (Å²) < 4.78 is 6.01. The van der Waals surface area contributed by atoms with Gasteiger partial charge >= 0.3 is 0 Å². The molecule has 0 spiro atoms. The number of carbonyl (C=O) groups is 1. The molecule has 2 aromatic rings. The van der Waals surface area contributed by atoms with E-state index in [9.17, 15) is 9.90 Å². The number of nitrogens with zero attached hydrogens (tertiary/aromatic N) is 1. The number of ether oxygens (including phenoxy) is 1. The number of hydrogen-bond acceptors (Lipinski definition) is 5. The maximum atomic E-state index is 13.0. The third kappa shape index (κ3) is 3.25. The van der Waals surface area contributed by atoms with Gasteiger partial charge in [0.25, 0.3) is 0 Å². The van der Waals surface area contributed by atoms with Gasteiger partial charge in [0.2, 0.25) is 5.78 Å². The number of phenols is 1. The van der Waals surface area contributed by atoms with Crippen molar-refractivity contribution in [3.8, 4) is 11.5 Å². The molecule has 0 unspecified atom stereocenters. The van der Waals surface area contributed by atoms with Crippen LogP contribution in [0, 0.1) is 0 Å². The Balaban J connectivity index is 1.50. The molecule has 0 saturated carbocycles. The molecule has 0 aromatic heterocycles. The van der Waals surface area contributed by atoms with Crippen molar-refractivity contribution >= 4 is 23.0 Å². The minimum absolute atomic E-state index is 0.0107. The summed E-state index contributed by atoms with van der Waals surface area (Å²) in [6.45, 7) is 3.99. The van der Waals surface area contributed by atoms with Gasteiger partial charge < -0.3 is 15.2 Å². The molecule has 148 valence electrons. The van der Waals surface area contributed by atoms with Crippen LogP contribution in [0.2, 0.25) is 5.02 Å². The van der Waals surface area contributed by atoms with Crippen LogP contribution in [0.1, 0.15) is 27.0 Å². The molecule has 5 nitrogen and oxygen atoms in total. The standard InChI is InChI=1S/C23H21ClN2O3/c24-19-12-17-22(28)20(11-15-6-5-14-3-1-2-4-16(14)15)29-23(17)18(21(19)27)13-26-9-7-25-8-10-26/h1-4,6,11-12,25,27H,5,7-10,13H2/b20-11-. The van der Waals surface area contributed by atoms with E-state index >= 15 is 0 Å². The maximum Gasteiger partial charge on any atom is 0.232 e. The number of nitrogens with one attached hydrogen (secondary N) is 1. The van der Waals surface area contributed by atoms with Gasteiger partial charge in [0.05, 0.1) is 16.1 Å². The Morgan fingerprint density at radius 2 is 2.00 bits per heavy atom. The van der Waals surface area contributed by atoms with Crippen LogP contribution in [0.5, 0.6) is 11.5 Å². The van der Waals surface area contributed by atoms with Gasteiger partial charge in [-0.05, 0) is 35.3 Å². The molecule has 6 heteroatoms. The second kappa shape index (κ2) is 7.34. The molecule has 1 aliphatic carbocycles. The molecule has 2 N–H and O–H groups in total. The fraction of sp³-hybridized carbons (Fsp3) is 0.261. The van der Waals surface area contributed by atoms with E-state index in [0.717, 1.165) is 43.7 Å². The summed E-state index contributed by atoms with van der Waals surface area (Å²) >= 11 is 6.25. The first-order chi connectivity index (χ1) is 14.1. The van der Waals surface area contributed by atoms with E-state index in [-0.39, 0.29) is 22.3 Å². The summed E-state index contributed by atoms with van der Waals surface area (Å²) in [7, 11) is 0. The quantitative estimate of drug-likeness (QED) is 0.760. The minimum Gasteiger partial charge on any atom is -0.506 e. The van der Waals surface area contributed by atoms with Gasteiger partial charge in [-0.15, -0.1) is 0 Å². The topological polar surface area (TPSA) is 61.8 Å². The van der Waals surface area contributed by atoms with Gasteiger partial charge in [0.15, 0.2) is 5.76 Å². The van der Waals surface area contributed by atoms with E-state index in [0.29, 0.717) is 23.4 Å². The fourth-order valence-electron chi connectivity index (χ4n) is 4.17. The number of benzene rings is 2. The smallest absolute Gasteiger partial charge is 0.232 e. The fourth-order valence-corrected chi connectivity index (χ4v) is 4.39. The molecule has 2 aliphatic heterocycles. The average Bonchev–Trinajstić information content (AvgIpc) is 3.28. The van der Waals surface area contributed by atoms with Crippen LogP contribution in [0.4, 0.5) is 0 Å². The summed E-state index contributed by atoms with van der Waals surface area (Å²) in [6.07, 6.45) is 4.74. The Labute approximate surface area is 174 Å². The minimum atomic E-state index is -0.200. The molecule has 1 fully saturated rings. The Morgan fingerprint density at radius 1 is 1.21 bits per heavy atom. The number of Topliss-reactive ketones (excluding diaryl/α,β-unsaturated/α-hetero) is 1. The van der Waals surface area contributed by atoms with E-state index in [1.807, 2.05) is 12.1 Å². The molecule has 5 rings (SSSR count). The van der Waals surface area contributed by atoms with Gasteiger partial charge in [0.1, 0.15) is 11.5 Å². The number of halogens is 1. The predicted molar refractivity (Wildman–Crippen MR) is 112 cm³/mol. The maximum absolute atomic E-state index is 13.0.